The quantitative estimate of drug-likeness (QED) is 0.937. The molecule has 1 aliphatic rings. The Hall–Kier alpha value is -2.62. The Bertz CT molecular complexity index is 725. The molecule has 23 heavy (non-hydrogen) atoms. The first kappa shape index (κ1) is 15.3. The molecule has 1 heterocycles. The van der Waals surface area contributed by atoms with Gasteiger partial charge in [-0.25, -0.2) is 0 Å². The molecule has 1 aliphatic heterocycles. The first-order valence-corrected chi connectivity index (χ1v) is 7.98. The largest absolute Gasteiger partial charge is 0.322 e. The van der Waals surface area contributed by atoms with Crippen LogP contribution in [0.25, 0.3) is 0 Å². The second kappa shape index (κ2) is 6.65. The van der Waals surface area contributed by atoms with E-state index in [0.29, 0.717) is 12.0 Å². The van der Waals surface area contributed by atoms with E-state index in [1.165, 1.54) is 0 Å². The Balaban J connectivity index is 1.81. The number of hydrogen-bond donors (Lipinski definition) is 1. The molecule has 0 atom stereocenters. The molecule has 4 nitrogen and oxygen atoms in total. The summed E-state index contributed by atoms with van der Waals surface area (Å²) in [6.07, 6.45) is 2.18. The molecule has 0 radical (unpaired) electrons. The van der Waals surface area contributed by atoms with Crippen LogP contribution in [0, 0.1) is 0 Å². The summed E-state index contributed by atoms with van der Waals surface area (Å²) in [5.74, 6) is 0.0586. The highest BCUT2D eigenvalue weighted by Crippen LogP contribution is 2.30. The van der Waals surface area contributed by atoms with E-state index in [0.717, 1.165) is 36.3 Å². The fourth-order valence-electron chi connectivity index (χ4n) is 2.90. The number of fused-ring (bicyclic) bond motifs is 1. The number of anilines is 2. The summed E-state index contributed by atoms with van der Waals surface area (Å²) >= 11 is 0. The minimum Gasteiger partial charge on any atom is -0.322 e. The molecule has 118 valence electrons. The first-order chi connectivity index (χ1) is 11.2. The van der Waals surface area contributed by atoms with Crippen molar-refractivity contribution in [3.05, 3.63) is 59.7 Å². The molecule has 1 N–H and O–H groups in total. The highest BCUT2D eigenvalue weighted by molar-refractivity contribution is 6.04. The molecule has 0 aliphatic carbocycles. The lowest BCUT2D eigenvalue weighted by molar-refractivity contribution is -0.118. The maximum absolute atomic E-state index is 12.2. The minimum atomic E-state index is -0.122. The van der Waals surface area contributed by atoms with E-state index in [-0.39, 0.29) is 11.8 Å². The van der Waals surface area contributed by atoms with Crippen molar-refractivity contribution in [2.75, 3.05) is 16.8 Å². The van der Waals surface area contributed by atoms with Gasteiger partial charge >= 0.3 is 0 Å². The summed E-state index contributed by atoms with van der Waals surface area (Å²) in [4.78, 5) is 26.1. The zero-order valence-corrected chi connectivity index (χ0v) is 13.2. The molecule has 0 saturated carbocycles. The normalized spacial score (nSPS) is 13.6. The van der Waals surface area contributed by atoms with Gasteiger partial charge in [-0.1, -0.05) is 25.1 Å². The standard InChI is InChI=1S/C19H20N2O2/c1-2-12-21-17-10-9-16(13-15(17)8-11-18(21)22)20-19(23)14-6-4-3-5-7-14/h3-7,9-10,13H,2,8,11-12H2,1H3,(H,20,23). The van der Waals surface area contributed by atoms with E-state index in [4.69, 9.17) is 0 Å². The fraction of sp³-hybridized carbons (Fsp3) is 0.263. The second-order valence-electron chi connectivity index (χ2n) is 5.71. The van der Waals surface area contributed by atoms with Gasteiger partial charge in [0.15, 0.2) is 0 Å². The molecule has 2 amide bonds. The summed E-state index contributed by atoms with van der Waals surface area (Å²) in [6.45, 7) is 2.80. The Kier molecular flexibility index (Phi) is 4.42. The number of rotatable bonds is 4. The van der Waals surface area contributed by atoms with Gasteiger partial charge in [0, 0.05) is 29.9 Å². The van der Waals surface area contributed by atoms with E-state index >= 15 is 0 Å². The number of hydrogen-bond acceptors (Lipinski definition) is 2. The van der Waals surface area contributed by atoms with E-state index < -0.39 is 0 Å². The number of amides is 2. The third-order valence-corrected chi connectivity index (χ3v) is 4.02. The average molecular weight is 308 g/mol. The van der Waals surface area contributed by atoms with E-state index in [2.05, 4.69) is 12.2 Å². The molecule has 3 rings (SSSR count). The average Bonchev–Trinajstić information content (AvgIpc) is 2.58. The molecule has 0 unspecified atom stereocenters. The number of carbonyl (C=O) groups is 2. The number of carbonyl (C=O) groups excluding carboxylic acids is 2. The topological polar surface area (TPSA) is 49.4 Å². The van der Waals surface area contributed by atoms with Crippen molar-refractivity contribution in [3.63, 3.8) is 0 Å². The summed E-state index contributed by atoms with van der Waals surface area (Å²) in [6, 6.07) is 14.9. The number of aryl methyl sites for hydroxylation is 1. The van der Waals surface area contributed by atoms with Crippen molar-refractivity contribution in [1.82, 2.24) is 0 Å². The maximum Gasteiger partial charge on any atom is 0.255 e. The van der Waals surface area contributed by atoms with Crippen LogP contribution in [0.1, 0.15) is 35.7 Å². The van der Waals surface area contributed by atoms with Crippen LogP contribution in [-0.2, 0) is 11.2 Å². The van der Waals surface area contributed by atoms with Gasteiger partial charge in [0.25, 0.3) is 5.91 Å². The van der Waals surface area contributed by atoms with Crippen LogP contribution in [-0.4, -0.2) is 18.4 Å². The van der Waals surface area contributed by atoms with Crippen molar-refractivity contribution in [2.24, 2.45) is 0 Å². The SMILES string of the molecule is CCCN1C(=O)CCc2cc(NC(=O)c3ccccc3)ccc21. The lowest BCUT2D eigenvalue weighted by Gasteiger charge is -2.29. The maximum atomic E-state index is 12.2. The minimum absolute atomic E-state index is 0.122. The molecule has 0 aromatic heterocycles. The summed E-state index contributed by atoms with van der Waals surface area (Å²) in [5.41, 5.74) is 3.49. The van der Waals surface area contributed by atoms with Crippen molar-refractivity contribution in [2.45, 2.75) is 26.2 Å². The van der Waals surface area contributed by atoms with Crippen molar-refractivity contribution in [1.29, 1.82) is 0 Å². The van der Waals surface area contributed by atoms with Crippen molar-refractivity contribution < 1.29 is 9.59 Å². The molecule has 0 fully saturated rings. The van der Waals surface area contributed by atoms with Crippen LogP contribution in [0.3, 0.4) is 0 Å². The van der Waals surface area contributed by atoms with Gasteiger partial charge in [-0.2, -0.15) is 0 Å². The second-order valence-corrected chi connectivity index (χ2v) is 5.71. The Labute approximate surface area is 136 Å². The first-order valence-electron chi connectivity index (χ1n) is 7.98. The van der Waals surface area contributed by atoms with Gasteiger partial charge in [0.05, 0.1) is 0 Å². The van der Waals surface area contributed by atoms with Crippen LogP contribution >= 0.6 is 0 Å². The third-order valence-electron chi connectivity index (χ3n) is 4.02. The molecular formula is C19H20N2O2. The monoisotopic (exact) mass is 308 g/mol. The lowest BCUT2D eigenvalue weighted by Crippen LogP contribution is -2.35. The van der Waals surface area contributed by atoms with E-state index in [1.54, 1.807) is 12.1 Å². The number of nitrogens with zero attached hydrogens (tertiary/aromatic N) is 1. The highest BCUT2D eigenvalue weighted by Gasteiger charge is 2.23. The van der Waals surface area contributed by atoms with Gasteiger partial charge in [-0.15, -0.1) is 0 Å². The number of benzene rings is 2. The smallest absolute Gasteiger partial charge is 0.255 e. The lowest BCUT2D eigenvalue weighted by atomic mass is 10.00. The van der Waals surface area contributed by atoms with Crippen LogP contribution in [0.4, 0.5) is 11.4 Å². The third kappa shape index (κ3) is 3.26. The summed E-state index contributed by atoms with van der Waals surface area (Å²) in [5, 5.41) is 2.92. The molecule has 2 aromatic rings. The van der Waals surface area contributed by atoms with E-state index in [9.17, 15) is 9.59 Å². The Morgan fingerprint density at radius 1 is 1.13 bits per heavy atom. The molecule has 0 bridgehead atoms. The van der Waals surface area contributed by atoms with Gasteiger partial charge in [-0.3, -0.25) is 9.59 Å². The zero-order chi connectivity index (χ0) is 16.2. The Morgan fingerprint density at radius 3 is 2.65 bits per heavy atom. The zero-order valence-electron chi connectivity index (χ0n) is 13.2. The predicted molar refractivity (Wildman–Crippen MR) is 91.8 cm³/mol. The molecule has 0 saturated heterocycles. The van der Waals surface area contributed by atoms with Crippen molar-refractivity contribution >= 4 is 23.2 Å². The highest BCUT2D eigenvalue weighted by atomic mass is 16.2. The van der Waals surface area contributed by atoms with E-state index in [1.807, 2.05) is 41.3 Å². The molecular weight excluding hydrogens is 288 g/mol. The van der Waals surface area contributed by atoms with Crippen LogP contribution in [0.15, 0.2) is 48.5 Å². The van der Waals surface area contributed by atoms with Gasteiger partial charge in [-0.05, 0) is 48.7 Å². The summed E-state index contributed by atoms with van der Waals surface area (Å²) in [7, 11) is 0. The van der Waals surface area contributed by atoms with Crippen molar-refractivity contribution in [3.8, 4) is 0 Å². The Morgan fingerprint density at radius 2 is 1.91 bits per heavy atom. The van der Waals surface area contributed by atoms with Crippen LogP contribution < -0.4 is 10.2 Å². The summed E-state index contributed by atoms with van der Waals surface area (Å²) < 4.78 is 0. The fourth-order valence-corrected chi connectivity index (χ4v) is 2.90. The molecule has 4 heteroatoms. The van der Waals surface area contributed by atoms with Gasteiger partial charge < -0.3 is 10.2 Å². The van der Waals surface area contributed by atoms with Crippen LogP contribution in [0.2, 0.25) is 0 Å². The number of nitrogens with one attached hydrogen (secondary N) is 1. The van der Waals surface area contributed by atoms with Gasteiger partial charge in [0.1, 0.15) is 0 Å². The molecule has 0 spiro atoms. The van der Waals surface area contributed by atoms with Gasteiger partial charge in [0.2, 0.25) is 5.91 Å². The molecule has 2 aromatic carbocycles. The predicted octanol–water partition coefficient (Wildman–Crippen LogP) is 3.63. The van der Waals surface area contributed by atoms with Crippen LogP contribution in [0.5, 0.6) is 0 Å².